The number of benzene rings is 1. The van der Waals surface area contributed by atoms with Crippen LogP contribution in [0.15, 0.2) is 36.1 Å². The number of hydrogen-bond donors (Lipinski definition) is 0. The average molecular weight is 288 g/mol. The van der Waals surface area contributed by atoms with Crippen LogP contribution in [0.3, 0.4) is 0 Å². The van der Waals surface area contributed by atoms with E-state index in [9.17, 15) is 22.8 Å². The predicted molar refractivity (Wildman–Crippen MR) is 62.9 cm³/mol. The van der Waals surface area contributed by atoms with Gasteiger partial charge in [-0.3, -0.25) is 9.59 Å². The normalized spacial score (nSPS) is 12.4. The van der Waals surface area contributed by atoms with E-state index < -0.39 is 29.6 Å². The van der Waals surface area contributed by atoms with Crippen LogP contribution in [0.4, 0.5) is 13.2 Å². The first-order valence-electron chi connectivity index (χ1n) is 5.45. The highest BCUT2D eigenvalue weighted by atomic mass is 19.4. The Morgan fingerprint density at radius 1 is 0.950 bits per heavy atom. The second-order valence-electron chi connectivity index (χ2n) is 3.71. The Morgan fingerprint density at radius 2 is 1.45 bits per heavy atom. The van der Waals surface area contributed by atoms with Crippen LogP contribution >= 0.6 is 0 Å². The van der Waals surface area contributed by atoms with Crippen molar-refractivity contribution in [3.63, 3.8) is 0 Å². The van der Waals surface area contributed by atoms with Crippen LogP contribution < -0.4 is 0 Å². The van der Waals surface area contributed by atoms with Gasteiger partial charge in [-0.1, -0.05) is 30.3 Å². The summed E-state index contributed by atoms with van der Waals surface area (Å²) in [6.07, 6.45) is -4.98. The first-order chi connectivity index (χ1) is 9.21. The van der Waals surface area contributed by atoms with Gasteiger partial charge < -0.3 is 9.47 Å². The molecule has 0 N–H and O–H groups in total. The molecule has 0 atom stereocenters. The van der Waals surface area contributed by atoms with Crippen LogP contribution in [0.2, 0.25) is 0 Å². The average Bonchev–Trinajstić information content (AvgIpc) is 2.33. The molecule has 0 unspecified atom stereocenters. The number of halogens is 3. The number of allylic oxidation sites excluding steroid dienone is 1. The Kier molecular flexibility index (Phi) is 4.90. The third kappa shape index (κ3) is 4.42. The summed E-state index contributed by atoms with van der Waals surface area (Å²) in [5.74, 6) is -4.64. The van der Waals surface area contributed by atoms with Crippen LogP contribution in [0.5, 0.6) is 0 Å². The Labute approximate surface area is 112 Å². The van der Waals surface area contributed by atoms with E-state index in [0.717, 1.165) is 13.8 Å². The molecule has 0 amide bonds. The molecule has 1 aromatic rings. The molecular formula is C13H11F3O4. The summed E-state index contributed by atoms with van der Waals surface area (Å²) in [7, 11) is 0. The molecule has 0 bridgehead atoms. The van der Waals surface area contributed by atoms with Crippen molar-refractivity contribution in [1.82, 2.24) is 0 Å². The summed E-state index contributed by atoms with van der Waals surface area (Å²) < 4.78 is 47.6. The maximum absolute atomic E-state index is 12.9. The zero-order valence-electron chi connectivity index (χ0n) is 10.7. The molecule has 1 rings (SSSR count). The number of carbonyl (C=O) groups is 2. The molecule has 0 aromatic heterocycles. The number of hydrogen-bond acceptors (Lipinski definition) is 4. The van der Waals surface area contributed by atoms with Gasteiger partial charge in [-0.05, 0) is 0 Å². The van der Waals surface area contributed by atoms with Crippen molar-refractivity contribution in [1.29, 1.82) is 0 Å². The van der Waals surface area contributed by atoms with Gasteiger partial charge in [0.1, 0.15) is 0 Å². The Balaban J connectivity index is 3.45. The summed E-state index contributed by atoms with van der Waals surface area (Å²) in [4.78, 5) is 21.8. The molecule has 0 heterocycles. The van der Waals surface area contributed by atoms with E-state index in [1.165, 1.54) is 24.3 Å². The zero-order chi connectivity index (χ0) is 15.3. The first-order valence-corrected chi connectivity index (χ1v) is 5.45. The van der Waals surface area contributed by atoms with Gasteiger partial charge in [0, 0.05) is 19.4 Å². The van der Waals surface area contributed by atoms with Gasteiger partial charge in [0.25, 0.3) is 5.76 Å². The summed E-state index contributed by atoms with van der Waals surface area (Å²) in [6, 6.07) is 7.09. The van der Waals surface area contributed by atoms with Gasteiger partial charge in [-0.2, -0.15) is 13.2 Å². The highest BCUT2D eigenvalue weighted by Crippen LogP contribution is 2.34. The van der Waals surface area contributed by atoms with Crippen LogP contribution in [0.25, 0.3) is 5.76 Å². The molecule has 0 aliphatic rings. The Hall–Kier alpha value is -2.31. The largest absolute Gasteiger partial charge is 0.453 e. The topological polar surface area (TPSA) is 52.6 Å². The molecule has 0 aliphatic heterocycles. The fraction of sp³-hybridized carbons (Fsp3) is 0.231. The number of carbonyl (C=O) groups excluding carboxylic acids is 2. The minimum absolute atomic E-state index is 0.0312. The van der Waals surface area contributed by atoms with Crippen molar-refractivity contribution in [3.8, 4) is 0 Å². The van der Waals surface area contributed by atoms with Crippen molar-refractivity contribution >= 4 is 17.7 Å². The molecule has 108 valence electrons. The predicted octanol–water partition coefficient (Wildman–Crippen LogP) is 3.04. The summed E-state index contributed by atoms with van der Waals surface area (Å²) in [5, 5.41) is 0. The van der Waals surface area contributed by atoms with E-state index in [0.29, 0.717) is 0 Å². The quantitative estimate of drug-likeness (QED) is 0.633. The van der Waals surface area contributed by atoms with Crippen LogP contribution in [-0.4, -0.2) is 18.1 Å². The van der Waals surface area contributed by atoms with Crippen LogP contribution in [0, 0.1) is 0 Å². The van der Waals surface area contributed by atoms with E-state index in [1.54, 1.807) is 6.07 Å². The number of ether oxygens (including phenoxy) is 2. The third-order valence-corrected chi connectivity index (χ3v) is 1.99. The van der Waals surface area contributed by atoms with Gasteiger partial charge in [-0.25, -0.2) is 0 Å². The molecule has 0 fully saturated rings. The SMILES string of the molecule is CC(=O)OC(=C(OC(C)=O)C(F)(F)F)c1ccccc1. The standard InChI is InChI=1S/C13H11F3O4/c1-8(17)19-11(10-6-4-3-5-7-10)12(13(14,15)16)20-9(2)18/h3-7H,1-2H3. The lowest BCUT2D eigenvalue weighted by Crippen LogP contribution is -2.20. The first kappa shape index (κ1) is 15.7. The lowest BCUT2D eigenvalue weighted by Gasteiger charge is -2.16. The van der Waals surface area contributed by atoms with E-state index in [4.69, 9.17) is 0 Å². The molecule has 0 saturated heterocycles. The Morgan fingerprint density at radius 3 is 1.85 bits per heavy atom. The van der Waals surface area contributed by atoms with Crippen molar-refractivity contribution in [2.45, 2.75) is 20.0 Å². The zero-order valence-corrected chi connectivity index (χ0v) is 10.7. The molecule has 0 aliphatic carbocycles. The molecule has 7 heteroatoms. The van der Waals surface area contributed by atoms with Crippen molar-refractivity contribution in [2.24, 2.45) is 0 Å². The van der Waals surface area contributed by atoms with E-state index >= 15 is 0 Å². The molecule has 0 spiro atoms. The molecular weight excluding hydrogens is 277 g/mol. The summed E-state index contributed by atoms with van der Waals surface area (Å²) in [5.41, 5.74) is -0.0312. The monoisotopic (exact) mass is 288 g/mol. The molecule has 20 heavy (non-hydrogen) atoms. The molecule has 0 saturated carbocycles. The molecule has 4 nitrogen and oxygen atoms in total. The number of alkyl halides is 3. The van der Waals surface area contributed by atoms with Gasteiger partial charge in [-0.15, -0.1) is 0 Å². The Bertz CT molecular complexity index is 532. The van der Waals surface area contributed by atoms with Crippen molar-refractivity contribution in [3.05, 3.63) is 41.7 Å². The highest BCUT2D eigenvalue weighted by molar-refractivity contribution is 5.78. The summed E-state index contributed by atoms with van der Waals surface area (Å²) in [6.45, 7) is 1.77. The maximum atomic E-state index is 12.9. The van der Waals surface area contributed by atoms with Crippen LogP contribution in [-0.2, 0) is 19.1 Å². The van der Waals surface area contributed by atoms with Crippen molar-refractivity contribution in [2.75, 3.05) is 0 Å². The second kappa shape index (κ2) is 6.23. The van der Waals surface area contributed by atoms with Crippen molar-refractivity contribution < 1.29 is 32.2 Å². The van der Waals surface area contributed by atoms with Gasteiger partial charge in [0.15, 0.2) is 5.76 Å². The van der Waals surface area contributed by atoms with Gasteiger partial charge in [0.05, 0.1) is 0 Å². The van der Waals surface area contributed by atoms with Crippen LogP contribution in [0.1, 0.15) is 19.4 Å². The second-order valence-corrected chi connectivity index (χ2v) is 3.71. The number of esters is 2. The molecule has 1 aromatic carbocycles. The smallest absolute Gasteiger partial charge is 0.422 e. The van der Waals surface area contributed by atoms with E-state index in [2.05, 4.69) is 9.47 Å². The van der Waals surface area contributed by atoms with E-state index in [1.807, 2.05) is 0 Å². The fourth-order valence-electron chi connectivity index (χ4n) is 1.35. The lowest BCUT2D eigenvalue weighted by atomic mass is 10.1. The fourth-order valence-corrected chi connectivity index (χ4v) is 1.35. The third-order valence-electron chi connectivity index (χ3n) is 1.99. The number of rotatable bonds is 3. The highest BCUT2D eigenvalue weighted by Gasteiger charge is 2.42. The minimum Gasteiger partial charge on any atom is -0.422 e. The summed E-state index contributed by atoms with van der Waals surface area (Å²) >= 11 is 0. The maximum Gasteiger partial charge on any atom is 0.453 e. The molecule has 0 radical (unpaired) electrons. The minimum atomic E-state index is -4.98. The van der Waals surface area contributed by atoms with E-state index in [-0.39, 0.29) is 5.56 Å². The van der Waals surface area contributed by atoms with Gasteiger partial charge >= 0.3 is 18.1 Å². The lowest BCUT2D eigenvalue weighted by molar-refractivity contribution is -0.159. The van der Waals surface area contributed by atoms with Gasteiger partial charge in [0.2, 0.25) is 0 Å².